The average Bonchev–Trinajstić information content (AvgIpc) is 2.28. The van der Waals surface area contributed by atoms with Gasteiger partial charge >= 0.3 is 5.97 Å². The maximum Gasteiger partial charge on any atom is 0.344 e. The largest absolute Gasteiger partial charge is 0.465 e. The number of methoxy groups -OCH3 is 1. The summed E-state index contributed by atoms with van der Waals surface area (Å²) in [6, 6.07) is 3.36. The summed E-state index contributed by atoms with van der Waals surface area (Å²) in [4.78, 5) is 21.0. The quantitative estimate of drug-likeness (QED) is 0.446. The van der Waals surface area contributed by atoms with E-state index in [1.54, 1.807) is 0 Å². The lowest BCUT2D eigenvalue weighted by atomic mass is 10.2. The number of hydrogen-bond acceptors (Lipinski definition) is 5. The minimum atomic E-state index is -1.10. The van der Waals surface area contributed by atoms with Crippen LogP contribution in [0.15, 0.2) is 18.2 Å². The maximum absolute atomic E-state index is 11.9. The highest BCUT2D eigenvalue weighted by Gasteiger charge is 2.21. The van der Waals surface area contributed by atoms with Crippen LogP contribution in [-0.2, 0) is 4.74 Å². The Balaban J connectivity index is 3.19. The van der Waals surface area contributed by atoms with Crippen LogP contribution in [0.5, 0.6) is 5.75 Å². The predicted molar refractivity (Wildman–Crippen MR) is 51.0 cm³/mol. The highest BCUT2D eigenvalue weighted by Crippen LogP contribution is 2.25. The smallest absolute Gasteiger partial charge is 0.344 e. The molecular weight excluding hydrogens is 221 g/mol. The molecule has 0 aliphatic carbocycles. The van der Waals surface area contributed by atoms with Crippen LogP contribution in [0.2, 0.25) is 0 Å². The SMILES string of the molecule is COC(=O)c1ccc(OCF)cc1[N+](=O)[O-]. The van der Waals surface area contributed by atoms with Gasteiger partial charge in [0.25, 0.3) is 5.69 Å². The summed E-state index contributed by atoms with van der Waals surface area (Å²) in [5, 5.41) is 10.6. The summed E-state index contributed by atoms with van der Waals surface area (Å²) >= 11 is 0. The molecule has 0 aliphatic heterocycles. The molecule has 0 aromatic heterocycles. The number of halogens is 1. The lowest BCUT2D eigenvalue weighted by Gasteiger charge is -2.04. The molecule has 1 rings (SSSR count). The zero-order valence-corrected chi connectivity index (χ0v) is 8.31. The summed E-state index contributed by atoms with van der Waals surface area (Å²) in [7, 11) is 1.11. The van der Waals surface area contributed by atoms with E-state index in [0.717, 1.165) is 19.2 Å². The lowest BCUT2D eigenvalue weighted by molar-refractivity contribution is -0.385. The third kappa shape index (κ3) is 2.44. The molecule has 0 heterocycles. The van der Waals surface area contributed by atoms with Crippen molar-refractivity contribution in [3.8, 4) is 5.75 Å². The van der Waals surface area contributed by atoms with Gasteiger partial charge in [0.2, 0.25) is 6.86 Å². The molecule has 0 fully saturated rings. The van der Waals surface area contributed by atoms with E-state index >= 15 is 0 Å². The van der Waals surface area contributed by atoms with Crippen molar-refractivity contribution in [3.05, 3.63) is 33.9 Å². The minimum Gasteiger partial charge on any atom is -0.465 e. The first kappa shape index (κ1) is 11.9. The number of rotatable bonds is 4. The number of nitro groups is 1. The molecule has 0 bridgehead atoms. The Hall–Kier alpha value is -2.18. The van der Waals surface area contributed by atoms with Crippen molar-refractivity contribution in [3.63, 3.8) is 0 Å². The monoisotopic (exact) mass is 229 g/mol. The predicted octanol–water partition coefficient (Wildman–Crippen LogP) is 1.69. The molecule has 0 saturated heterocycles. The van der Waals surface area contributed by atoms with E-state index in [1.807, 2.05) is 0 Å². The number of alkyl halides is 1. The molecule has 0 aliphatic rings. The number of nitro benzene ring substituents is 1. The van der Waals surface area contributed by atoms with Gasteiger partial charge in [-0.05, 0) is 12.1 Å². The molecule has 0 atom stereocenters. The third-order valence-corrected chi connectivity index (χ3v) is 1.79. The number of carbonyl (C=O) groups excluding carboxylic acids is 1. The van der Waals surface area contributed by atoms with Gasteiger partial charge in [-0.2, -0.15) is 0 Å². The average molecular weight is 229 g/mol. The molecule has 16 heavy (non-hydrogen) atoms. The number of nitrogens with zero attached hydrogens (tertiary/aromatic N) is 1. The van der Waals surface area contributed by atoms with Crippen molar-refractivity contribution >= 4 is 11.7 Å². The van der Waals surface area contributed by atoms with E-state index in [4.69, 9.17) is 0 Å². The second-order valence-corrected chi connectivity index (χ2v) is 2.68. The fourth-order valence-corrected chi connectivity index (χ4v) is 1.10. The maximum atomic E-state index is 11.9. The van der Waals surface area contributed by atoms with Gasteiger partial charge in [-0.3, -0.25) is 10.1 Å². The topological polar surface area (TPSA) is 78.7 Å². The third-order valence-electron chi connectivity index (χ3n) is 1.79. The number of ether oxygens (including phenoxy) is 2. The second kappa shape index (κ2) is 5.06. The highest BCUT2D eigenvalue weighted by atomic mass is 19.1. The summed E-state index contributed by atoms with van der Waals surface area (Å²) in [6.07, 6.45) is 0. The first-order chi connectivity index (χ1) is 7.60. The summed E-state index contributed by atoms with van der Waals surface area (Å²) < 4.78 is 20.7. The van der Waals surface area contributed by atoms with Gasteiger partial charge in [0.15, 0.2) is 0 Å². The van der Waals surface area contributed by atoms with Crippen LogP contribution < -0.4 is 4.74 Å². The van der Waals surface area contributed by atoms with Gasteiger partial charge in [-0.25, -0.2) is 9.18 Å². The van der Waals surface area contributed by atoms with Crippen LogP contribution in [0.3, 0.4) is 0 Å². The first-order valence-corrected chi connectivity index (χ1v) is 4.15. The Kier molecular flexibility index (Phi) is 3.76. The molecule has 6 nitrogen and oxygen atoms in total. The Morgan fingerprint density at radius 1 is 1.56 bits per heavy atom. The normalized spacial score (nSPS) is 9.62. The zero-order chi connectivity index (χ0) is 12.1. The van der Waals surface area contributed by atoms with E-state index in [9.17, 15) is 19.3 Å². The summed E-state index contributed by atoms with van der Waals surface area (Å²) in [5.74, 6) is -0.861. The first-order valence-electron chi connectivity index (χ1n) is 4.15. The number of carbonyl (C=O) groups is 1. The number of esters is 1. The molecule has 0 spiro atoms. The fourth-order valence-electron chi connectivity index (χ4n) is 1.10. The van der Waals surface area contributed by atoms with Gasteiger partial charge in [0.1, 0.15) is 11.3 Å². The summed E-state index contributed by atoms with van der Waals surface area (Å²) in [5.41, 5.74) is -0.698. The van der Waals surface area contributed by atoms with Crippen LogP contribution in [0.25, 0.3) is 0 Å². The van der Waals surface area contributed by atoms with Crippen LogP contribution in [0.1, 0.15) is 10.4 Å². The lowest BCUT2D eigenvalue weighted by Crippen LogP contribution is -2.06. The van der Waals surface area contributed by atoms with Crippen molar-refractivity contribution in [1.82, 2.24) is 0 Å². The van der Waals surface area contributed by atoms with E-state index in [-0.39, 0.29) is 11.3 Å². The van der Waals surface area contributed by atoms with Crippen LogP contribution >= 0.6 is 0 Å². The molecule has 0 unspecified atom stereocenters. The van der Waals surface area contributed by atoms with E-state index < -0.39 is 23.4 Å². The molecule has 0 amide bonds. The van der Waals surface area contributed by atoms with Gasteiger partial charge in [-0.15, -0.1) is 0 Å². The van der Waals surface area contributed by atoms with E-state index in [2.05, 4.69) is 9.47 Å². The molecule has 7 heteroatoms. The van der Waals surface area contributed by atoms with Crippen molar-refractivity contribution in [2.45, 2.75) is 0 Å². The summed E-state index contributed by atoms with van der Waals surface area (Å²) in [6.45, 7) is -1.10. The van der Waals surface area contributed by atoms with Gasteiger partial charge in [0.05, 0.1) is 18.1 Å². The Morgan fingerprint density at radius 2 is 2.25 bits per heavy atom. The highest BCUT2D eigenvalue weighted by molar-refractivity contribution is 5.94. The standard InChI is InChI=1S/C9H8FNO5/c1-15-9(12)7-3-2-6(16-5-10)4-8(7)11(13)14/h2-4H,5H2,1H3. The fraction of sp³-hybridized carbons (Fsp3) is 0.222. The molecule has 0 radical (unpaired) electrons. The molecule has 1 aromatic rings. The Bertz CT molecular complexity index is 420. The van der Waals surface area contributed by atoms with Crippen molar-refractivity contribution in [2.24, 2.45) is 0 Å². The second-order valence-electron chi connectivity index (χ2n) is 2.68. The minimum absolute atomic E-state index is 0.0261. The van der Waals surface area contributed by atoms with E-state index in [0.29, 0.717) is 0 Å². The van der Waals surface area contributed by atoms with Gasteiger partial charge < -0.3 is 9.47 Å². The van der Waals surface area contributed by atoms with Crippen LogP contribution in [0, 0.1) is 10.1 Å². The zero-order valence-electron chi connectivity index (χ0n) is 8.31. The molecule has 1 aromatic carbocycles. The number of hydrogen-bond donors (Lipinski definition) is 0. The van der Waals surface area contributed by atoms with Gasteiger partial charge in [0, 0.05) is 0 Å². The van der Waals surface area contributed by atoms with Gasteiger partial charge in [-0.1, -0.05) is 0 Å². The van der Waals surface area contributed by atoms with Crippen molar-refractivity contribution in [2.75, 3.05) is 14.0 Å². The van der Waals surface area contributed by atoms with Crippen molar-refractivity contribution in [1.29, 1.82) is 0 Å². The molecule has 0 N–H and O–H groups in total. The van der Waals surface area contributed by atoms with Crippen molar-refractivity contribution < 1.29 is 23.6 Å². The Labute approximate surface area is 89.7 Å². The number of benzene rings is 1. The van der Waals surface area contributed by atoms with Crippen LogP contribution in [0.4, 0.5) is 10.1 Å². The molecule has 0 saturated carbocycles. The molecular formula is C9H8FNO5. The Morgan fingerprint density at radius 3 is 2.75 bits per heavy atom. The van der Waals surface area contributed by atoms with Crippen LogP contribution in [-0.4, -0.2) is 24.9 Å². The molecule has 86 valence electrons. The van der Waals surface area contributed by atoms with E-state index in [1.165, 1.54) is 6.07 Å².